The molecule has 0 spiro atoms. The van der Waals surface area contributed by atoms with E-state index in [1.807, 2.05) is 38.1 Å². The summed E-state index contributed by atoms with van der Waals surface area (Å²) in [5, 5.41) is 18.7. The van der Waals surface area contributed by atoms with Crippen molar-refractivity contribution in [2.75, 3.05) is 18.5 Å². The Morgan fingerprint density at radius 3 is 2.44 bits per heavy atom. The summed E-state index contributed by atoms with van der Waals surface area (Å²) in [4.78, 5) is 16.5. The minimum atomic E-state index is -1.68. The molecule has 4 aromatic rings. The standard InChI is InChI=1S/C31H32F2N4O4/c1-20-3-10-26(11-4-20)36-29(38)23-5-7-24(8-6-23)30-40-15-22(16-41-30)13-21(2)31(39,17-37-19-34-18-35-37)27-12-9-25(32)14-28(27)33/h3-12,14,18-19,21-22,30,39H,13,15-17H2,1-2H3,(H,36,38). The predicted molar refractivity (Wildman–Crippen MR) is 148 cm³/mol. The van der Waals surface area contributed by atoms with Crippen LogP contribution in [-0.4, -0.2) is 39.0 Å². The summed E-state index contributed by atoms with van der Waals surface area (Å²) >= 11 is 0. The number of aryl methyl sites for hydroxylation is 1. The Balaban J connectivity index is 1.20. The lowest BCUT2D eigenvalue weighted by molar-refractivity contribution is -0.210. The van der Waals surface area contributed by atoms with Crippen molar-refractivity contribution in [1.29, 1.82) is 0 Å². The maximum Gasteiger partial charge on any atom is 0.255 e. The summed E-state index contributed by atoms with van der Waals surface area (Å²) in [5.74, 6) is -2.30. The van der Waals surface area contributed by atoms with Crippen LogP contribution in [0.1, 0.15) is 46.7 Å². The number of anilines is 1. The number of benzene rings is 3. The summed E-state index contributed by atoms with van der Waals surface area (Å²) < 4.78 is 41.9. The molecule has 1 aromatic heterocycles. The highest BCUT2D eigenvalue weighted by atomic mass is 19.1. The van der Waals surface area contributed by atoms with Gasteiger partial charge in [-0.25, -0.2) is 18.4 Å². The molecular weight excluding hydrogens is 530 g/mol. The average molecular weight is 563 g/mol. The van der Waals surface area contributed by atoms with Gasteiger partial charge < -0.3 is 19.9 Å². The minimum absolute atomic E-state index is 0.0103. The third kappa shape index (κ3) is 6.67. The van der Waals surface area contributed by atoms with Crippen molar-refractivity contribution in [1.82, 2.24) is 14.8 Å². The van der Waals surface area contributed by atoms with E-state index in [0.29, 0.717) is 25.2 Å². The fourth-order valence-corrected chi connectivity index (χ4v) is 5.11. The molecule has 2 atom stereocenters. The third-order valence-corrected chi connectivity index (χ3v) is 7.49. The molecule has 3 aromatic carbocycles. The molecule has 2 N–H and O–H groups in total. The number of carbonyl (C=O) groups excluding carboxylic acids is 1. The van der Waals surface area contributed by atoms with Crippen LogP contribution in [-0.2, 0) is 21.6 Å². The molecule has 5 rings (SSSR count). The summed E-state index contributed by atoms with van der Waals surface area (Å²) in [5.41, 5.74) is 1.43. The number of carbonyl (C=O) groups is 1. The Kier molecular flexibility index (Phi) is 8.53. The zero-order chi connectivity index (χ0) is 29.0. The zero-order valence-electron chi connectivity index (χ0n) is 22.8. The van der Waals surface area contributed by atoms with Crippen LogP contribution < -0.4 is 5.32 Å². The molecule has 0 saturated carbocycles. The number of hydrogen-bond donors (Lipinski definition) is 2. The number of aliphatic hydroxyl groups is 1. The molecule has 10 heteroatoms. The lowest BCUT2D eigenvalue weighted by atomic mass is 9.77. The largest absolute Gasteiger partial charge is 0.383 e. The van der Waals surface area contributed by atoms with Crippen molar-refractivity contribution in [3.63, 3.8) is 0 Å². The van der Waals surface area contributed by atoms with Crippen molar-refractivity contribution in [3.05, 3.63) is 113 Å². The number of aromatic nitrogens is 3. The molecule has 2 unspecified atom stereocenters. The molecule has 0 radical (unpaired) electrons. The van der Waals surface area contributed by atoms with Gasteiger partial charge in [-0.2, -0.15) is 5.10 Å². The Morgan fingerprint density at radius 2 is 1.80 bits per heavy atom. The van der Waals surface area contributed by atoms with E-state index in [4.69, 9.17) is 9.47 Å². The maximum absolute atomic E-state index is 14.8. The molecule has 1 aliphatic heterocycles. The number of rotatable bonds is 9. The molecule has 41 heavy (non-hydrogen) atoms. The molecule has 1 saturated heterocycles. The van der Waals surface area contributed by atoms with Gasteiger partial charge in [0.05, 0.1) is 19.8 Å². The first-order chi connectivity index (χ1) is 19.7. The molecule has 1 aliphatic rings. The van der Waals surface area contributed by atoms with E-state index in [-0.39, 0.29) is 23.9 Å². The number of hydrogen-bond acceptors (Lipinski definition) is 6. The molecule has 0 aliphatic carbocycles. The van der Waals surface area contributed by atoms with Gasteiger partial charge in [-0.05, 0) is 49.6 Å². The highest BCUT2D eigenvalue weighted by Crippen LogP contribution is 2.38. The van der Waals surface area contributed by atoms with E-state index in [1.165, 1.54) is 23.4 Å². The highest BCUT2D eigenvalue weighted by Gasteiger charge is 2.40. The van der Waals surface area contributed by atoms with Crippen LogP contribution in [0.4, 0.5) is 14.5 Å². The Morgan fingerprint density at radius 1 is 1.10 bits per heavy atom. The fourth-order valence-electron chi connectivity index (χ4n) is 5.11. The second-order valence-electron chi connectivity index (χ2n) is 10.6. The summed E-state index contributed by atoms with van der Waals surface area (Å²) in [6, 6.07) is 17.8. The molecule has 1 fully saturated rings. The smallest absolute Gasteiger partial charge is 0.255 e. The van der Waals surface area contributed by atoms with Crippen LogP contribution in [0.3, 0.4) is 0 Å². The maximum atomic E-state index is 14.8. The van der Waals surface area contributed by atoms with Crippen LogP contribution in [0.2, 0.25) is 0 Å². The summed E-state index contributed by atoms with van der Waals surface area (Å²) in [6.45, 7) is 4.45. The van der Waals surface area contributed by atoms with Crippen LogP contribution >= 0.6 is 0 Å². The number of halogens is 2. The zero-order valence-corrected chi connectivity index (χ0v) is 22.8. The molecule has 1 amide bonds. The van der Waals surface area contributed by atoms with Gasteiger partial charge in [-0.1, -0.05) is 42.8 Å². The lowest BCUT2D eigenvalue weighted by Crippen LogP contribution is -2.41. The van der Waals surface area contributed by atoms with E-state index in [9.17, 15) is 18.7 Å². The van der Waals surface area contributed by atoms with Gasteiger partial charge in [0, 0.05) is 34.4 Å². The Hall–Kier alpha value is -3.99. The van der Waals surface area contributed by atoms with Crippen LogP contribution in [0.5, 0.6) is 0 Å². The van der Waals surface area contributed by atoms with E-state index in [0.717, 1.165) is 28.9 Å². The monoisotopic (exact) mass is 562 g/mol. The first-order valence-electron chi connectivity index (χ1n) is 13.4. The first-order valence-corrected chi connectivity index (χ1v) is 13.4. The van der Waals surface area contributed by atoms with Crippen molar-refractivity contribution in [2.45, 2.75) is 38.7 Å². The normalized spacial score (nSPS) is 19.3. The van der Waals surface area contributed by atoms with Gasteiger partial charge in [0.2, 0.25) is 0 Å². The minimum Gasteiger partial charge on any atom is -0.383 e. The molecule has 2 heterocycles. The van der Waals surface area contributed by atoms with Crippen LogP contribution in [0, 0.1) is 30.4 Å². The van der Waals surface area contributed by atoms with E-state index in [2.05, 4.69) is 15.4 Å². The van der Waals surface area contributed by atoms with E-state index < -0.39 is 29.4 Å². The van der Waals surface area contributed by atoms with E-state index in [1.54, 1.807) is 24.3 Å². The van der Waals surface area contributed by atoms with Gasteiger partial charge in [-0.3, -0.25) is 4.79 Å². The SMILES string of the molecule is Cc1ccc(NC(=O)c2ccc(C3OCC(CC(C)C(O)(Cn4cncn4)c4ccc(F)cc4F)CO3)cc2)cc1. The molecule has 214 valence electrons. The van der Waals surface area contributed by atoms with Gasteiger partial charge in [-0.15, -0.1) is 0 Å². The summed E-state index contributed by atoms with van der Waals surface area (Å²) in [6.07, 6.45) is 2.62. The predicted octanol–water partition coefficient (Wildman–Crippen LogP) is 5.39. The van der Waals surface area contributed by atoms with Gasteiger partial charge in [0.15, 0.2) is 6.29 Å². The Bertz CT molecular complexity index is 1460. The van der Waals surface area contributed by atoms with Crippen LogP contribution in [0.25, 0.3) is 0 Å². The second-order valence-corrected chi connectivity index (χ2v) is 10.6. The number of nitrogens with one attached hydrogen (secondary N) is 1. The Labute approximate surface area is 237 Å². The molecule has 0 bridgehead atoms. The topological polar surface area (TPSA) is 98.5 Å². The van der Waals surface area contributed by atoms with E-state index >= 15 is 0 Å². The quantitative estimate of drug-likeness (QED) is 0.284. The molecule has 8 nitrogen and oxygen atoms in total. The average Bonchev–Trinajstić information content (AvgIpc) is 3.47. The van der Waals surface area contributed by atoms with Crippen molar-refractivity contribution < 1.29 is 28.2 Å². The third-order valence-electron chi connectivity index (χ3n) is 7.49. The van der Waals surface area contributed by atoms with Gasteiger partial charge in [0.1, 0.15) is 29.9 Å². The second kappa shape index (κ2) is 12.3. The van der Waals surface area contributed by atoms with Crippen molar-refractivity contribution in [2.24, 2.45) is 11.8 Å². The number of nitrogens with zero attached hydrogens (tertiary/aromatic N) is 3. The van der Waals surface area contributed by atoms with Crippen LogP contribution in [0.15, 0.2) is 79.4 Å². The summed E-state index contributed by atoms with van der Waals surface area (Å²) in [7, 11) is 0. The fraction of sp³-hybridized carbons (Fsp3) is 0.323. The number of amides is 1. The highest BCUT2D eigenvalue weighted by molar-refractivity contribution is 6.04. The molecular formula is C31H32F2N4O4. The van der Waals surface area contributed by atoms with Gasteiger partial charge >= 0.3 is 0 Å². The number of ether oxygens (including phenoxy) is 2. The van der Waals surface area contributed by atoms with Crippen molar-refractivity contribution in [3.8, 4) is 0 Å². The first kappa shape index (κ1) is 28.5. The van der Waals surface area contributed by atoms with Gasteiger partial charge in [0.25, 0.3) is 5.91 Å². The van der Waals surface area contributed by atoms with Crippen molar-refractivity contribution >= 4 is 11.6 Å². The lowest BCUT2D eigenvalue weighted by Gasteiger charge is -2.38.